The highest BCUT2D eigenvalue weighted by molar-refractivity contribution is 6.31. The SMILES string of the molecule is COc1cc2c(cc1OC)Oc1cccc(Cl)c1CN(CC(=O)N(C)C)C2. The molecule has 2 aromatic rings. The molecule has 0 aromatic heterocycles. The molecule has 1 amide bonds. The van der Waals surface area contributed by atoms with E-state index in [4.69, 9.17) is 25.8 Å². The molecule has 0 atom stereocenters. The van der Waals surface area contributed by atoms with E-state index in [1.54, 1.807) is 39.3 Å². The van der Waals surface area contributed by atoms with E-state index in [-0.39, 0.29) is 12.5 Å². The average molecular weight is 391 g/mol. The van der Waals surface area contributed by atoms with E-state index in [1.165, 1.54) is 0 Å². The van der Waals surface area contributed by atoms with Gasteiger partial charge < -0.3 is 19.1 Å². The number of carbonyl (C=O) groups is 1. The molecular formula is C20H23ClN2O4. The lowest BCUT2D eigenvalue weighted by Gasteiger charge is -2.29. The van der Waals surface area contributed by atoms with Gasteiger partial charge in [0.15, 0.2) is 11.5 Å². The van der Waals surface area contributed by atoms with Gasteiger partial charge in [0, 0.05) is 49.4 Å². The van der Waals surface area contributed by atoms with Gasteiger partial charge in [0.25, 0.3) is 0 Å². The number of benzene rings is 2. The first kappa shape index (κ1) is 19.3. The monoisotopic (exact) mass is 390 g/mol. The third-order valence-corrected chi connectivity index (χ3v) is 4.85. The Labute approximate surface area is 164 Å². The van der Waals surface area contributed by atoms with Gasteiger partial charge in [-0.2, -0.15) is 0 Å². The average Bonchev–Trinajstić information content (AvgIpc) is 2.63. The third-order valence-electron chi connectivity index (χ3n) is 4.50. The van der Waals surface area contributed by atoms with Crippen molar-refractivity contribution < 1.29 is 19.0 Å². The zero-order chi connectivity index (χ0) is 19.6. The Kier molecular flexibility index (Phi) is 5.77. The highest BCUT2D eigenvalue weighted by Gasteiger charge is 2.24. The molecule has 1 aliphatic rings. The molecule has 0 saturated heterocycles. The fraction of sp³-hybridized carbons (Fsp3) is 0.350. The Balaban J connectivity index is 2.08. The van der Waals surface area contributed by atoms with Crippen LogP contribution in [0.15, 0.2) is 30.3 Å². The number of hydrogen-bond donors (Lipinski definition) is 0. The Bertz CT molecular complexity index is 854. The van der Waals surface area contributed by atoms with Gasteiger partial charge in [-0.15, -0.1) is 0 Å². The van der Waals surface area contributed by atoms with Gasteiger partial charge in [-0.25, -0.2) is 0 Å². The van der Waals surface area contributed by atoms with Crippen molar-refractivity contribution in [1.82, 2.24) is 9.80 Å². The molecule has 6 nitrogen and oxygen atoms in total. The largest absolute Gasteiger partial charge is 0.493 e. The number of carbonyl (C=O) groups excluding carboxylic acids is 1. The van der Waals surface area contributed by atoms with Crippen molar-refractivity contribution >= 4 is 17.5 Å². The van der Waals surface area contributed by atoms with E-state index in [0.29, 0.717) is 41.1 Å². The van der Waals surface area contributed by atoms with E-state index in [0.717, 1.165) is 11.1 Å². The molecular weight excluding hydrogens is 368 g/mol. The molecule has 0 unspecified atom stereocenters. The van der Waals surface area contributed by atoms with Gasteiger partial charge in [0.05, 0.1) is 20.8 Å². The summed E-state index contributed by atoms with van der Waals surface area (Å²) in [7, 11) is 6.67. The van der Waals surface area contributed by atoms with E-state index in [9.17, 15) is 4.79 Å². The van der Waals surface area contributed by atoms with Gasteiger partial charge in [-0.1, -0.05) is 17.7 Å². The summed E-state index contributed by atoms with van der Waals surface area (Å²) in [5, 5.41) is 0.610. The molecule has 0 fully saturated rings. The summed E-state index contributed by atoms with van der Waals surface area (Å²) in [5.41, 5.74) is 1.76. The maximum atomic E-state index is 12.3. The summed E-state index contributed by atoms with van der Waals surface area (Å²) >= 11 is 6.42. The second-order valence-corrected chi connectivity index (χ2v) is 6.97. The minimum atomic E-state index is 0.0205. The van der Waals surface area contributed by atoms with Crippen LogP contribution >= 0.6 is 11.6 Å². The summed E-state index contributed by atoms with van der Waals surface area (Å²) < 4.78 is 17.0. The van der Waals surface area contributed by atoms with Crippen LogP contribution in [0.3, 0.4) is 0 Å². The smallest absolute Gasteiger partial charge is 0.236 e. The minimum absolute atomic E-state index is 0.0205. The zero-order valence-corrected chi connectivity index (χ0v) is 16.7. The number of nitrogens with zero attached hydrogens (tertiary/aromatic N) is 2. The van der Waals surface area contributed by atoms with Crippen LogP contribution < -0.4 is 14.2 Å². The fourth-order valence-electron chi connectivity index (χ4n) is 2.99. The topological polar surface area (TPSA) is 51.2 Å². The van der Waals surface area contributed by atoms with Crippen molar-refractivity contribution in [1.29, 1.82) is 0 Å². The normalized spacial score (nSPS) is 13.5. The summed E-state index contributed by atoms with van der Waals surface area (Å²) in [6.07, 6.45) is 0. The van der Waals surface area contributed by atoms with Crippen LogP contribution in [0.25, 0.3) is 0 Å². The number of rotatable bonds is 4. The number of ether oxygens (including phenoxy) is 3. The van der Waals surface area contributed by atoms with Gasteiger partial charge >= 0.3 is 0 Å². The van der Waals surface area contributed by atoms with Crippen LogP contribution in [-0.4, -0.2) is 50.6 Å². The number of halogens is 1. The maximum Gasteiger partial charge on any atom is 0.236 e. The van der Waals surface area contributed by atoms with E-state index < -0.39 is 0 Å². The lowest BCUT2D eigenvalue weighted by atomic mass is 10.1. The predicted molar refractivity (Wildman–Crippen MR) is 104 cm³/mol. The molecule has 0 spiro atoms. The van der Waals surface area contributed by atoms with Gasteiger partial charge in [0.2, 0.25) is 5.91 Å². The van der Waals surface area contributed by atoms with Crippen molar-refractivity contribution in [3.05, 3.63) is 46.5 Å². The molecule has 3 rings (SSSR count). The first-order chi connectivity index (χ1) is 12.9. The van der Waals surface area contributed by atoms with Crippen LogP contribution in [0.4, 0.5) is 0 Å². The number of hydrogen-bond acceptors (Lipinski definition) is 5. The maximum absolute atomic E-state index is 12.3. The van der Waals surface area contributed by atoms with Crippen LogP contribution in [0.1, 0.15) is 11.1 Å². The van der Waals surface area contributed by atoms with E-state index in [2.05, 4.69) is 0 Å². The van der Waals surface area contributed by atoms with Crippen molar-refractivity contribution in [3.8, 4) is 23.0 Å². The molecule has 1 heterocycles. The molecule has 1 aliphatic heterocycles. The number of fused-ring (bicyclic) bond motifs is 2. The number of amides is 1. The van der Waals surface area contributed by atoms with E-state index in [1.807, 2.05) is 29.2 Å². The molecule has 0 bridgehead atoms. The van der Waals surface area contributed by atoms with Gasteiger partial charge in [0.1, 0.15) is 11.5 Å². The quantitative estimate of drug-likeness (QED) is 0.799. The lowest BCUT2D eigenvalue weighted by Crippen LogP contribution is -2.36. The summed E-state index contributed by atoms with van der Waals surface area (Å²) in [4.78, 5) is 15.9. The Morgan fingerprint density at radius 2 is 1.85 bits per heavy atom. The molecule has 0 saturated carbocycles. The Morgan fingerprint density at radius 1 is 1.15 bits per heavy atom. The summed E-state index contributed by atoms with van der Waals surface area (Å²) in [6, 6.07) is 9.23. The molecule has 0 N–H and O–H groups in total. The molecule has 0 aliphatic carbocycles. The molecule has 2 aromatic carbocycles. The third kappa shape index (κ3) is 4.12. The van der Waals surface area contributed by atoms with Gasteiger partial charge in [-0.3, -0.25) is 9.69 Å². The highest BCUT2D eigenvalue weighted by Crippen LogP contribution is 2.41. The van der Waals surface area contributed by atoms with Gasteiger partial charge in [-0.05, 0) is 18.2 Å². The molecule has 144 valence electrons. The molecule has 7 heteroatoms. The van der Waals surface area contributed by atoms with Crippen molar-refractivity contribution in [2.75, 3.05) is 34.9 Å². The predicted octanol–water partition coefficient (Wildman–Crippen LogP) is 3.55. The van der Waals surface area contributed by atoms with Crippen molar-refractivity contribution in [2.45, 2.75) is 13.1 Å². The fourth-order valence-corrected chi connectivity index (χ4v) is 3.22. The Hall–Kier alpha value is -2.44. The minimum Gasteiger partial charge on any atom is -0.493 e. The first-order valence-corrected chi connectivity index (χ1v) is 8.93. The van der Waals surface area contributed by atoms with Crippen LogP contribution in [0.2, 0.25) is 5.02 Å². The van der Waals surface area contributed by atoms with Crippen LogP contribution in [-0.2, 0) is 17.9 Å². The number of methoxy groups -OCH3 is 2. The molecule has 27 heavy (non-hydrogen) atoms. The van der Waals surface area contributed by atoms with Crippen LogP contribution in [0, 0.1) is 0 Å². The number of likely N-dealkylation sites (N-methyl/N-ethyl adjacent to an activating group) is 1. The summed E-state index contributed by atoms with van der Waals surface area (Å²) in [5.74, 6) is 2.53. The second kappa shape index (κ2) is 8.06. The summed E-state index contributed by atoms with van der Waals surface area (Å²) in [6.45, 7) is 1.29. The van der Waals surface area contributed by atoms with E-state index >= 15 is 0 Å². The highest BCUT2D eigenvalue weighted by atomic mass is 35.5. The molecule has 0 radical (unpaired) electrons. The van der Waals surface area contributed by atoms with Crippen LogP contribution in [0.5, 0.6) is 23.0 Å². The zero-order valence-electron chi connectivity index (χ0n) is 15.9. The van der Waals surface area contributed by atoms with Crippen molar-refractivity contribution in [2.24, 2.45) is 0 Å². The first-order valence-electron chi connectivity index (χ1n) is 8.55. The Morgan fingerprint density at radius 3 is 2.52 bits per heavy atom. The van der Waals surface area contributed by atoms with Crippen molar-refractivity contribution in [3.63, 3.8) is 0 Å². The standard InChI is InChI=1S/C20H23ClN2O4/c1-22(2)20(24)12-23-10-13-8-18(25-3)19(26-4)9-17(13)27-16-7-5-6-15(21)14(16)11-23/h5-9H,10-12H2,1-4H3. The second-order valence-electron chi connectivity index (χ2n) is 6.57. The lowest BCUT2D eigenvalue weighted by molar-refractivity contribution is -0.130.